The molecule has 2 heterocycles. The van der Waals surface area contributed by atoms with Gasteiger partial charge in [0.1, 0.15) is 12.6 Å². The molecule has 0 bridgehead atoms. The van der Waals surface area contributed by atoms with Gasteiger partial charge in [-0.1, -0.05) is 17.3 Å². The predicted molar refractivity (Wildman–Crippen MR) is 66.6 cm³/mol. The smallest absolute Gasteiger partial charge is 0.365 e. The molecule has 1 atom stereocenters. The molecule has 1 aliphatic heterocycles. The van der Waals surface area contributed by atoms with Crippen molar-refractivity contribution in [1.29, 1.82) is 0 Å². The highest BCUT2D eigenvalue weighted by Gasteiger charge is 2.26. The van der Waals surface area contributed by atoms with Crippen LogP contribution in [0.4, 0.5) is 0 Å². The number of hydrogen-bond acceptors (Lipinski definition) is 4. The third-order valence-corrected chi connectivity index (χ3v) is 3.01. The molecular formula is C12H13N3O3. The minimum atomic E-state index is -0.390. The van der Waals surface area contributed by atoms with Gasteiger partial charge in [0.05, 0.1) is 11.2 Å². The summed E-state index contributed by atoms with van der Waals surface area (Å²) in [7, 11) is 1.47. The summed E-state index contributed by atoms with van der Waals surface area (Å²) in [5.74, 6) is 0. The van der Waals surface area contributed by atoms with Gasteiger partial charge in [0.2, 0.25) is 6.23 Å². The number of imidazole rings is 1. The van der Waals surface area contributed by atoms with Crippen LogP contribution in [0.3, 0.4) is 0 Å². The van der Waals surface area contributed by atoms with Crippen LogP contribution in [-0.4, -0.2) is 22.1 Å². The topological polar surface area (TPSA) is 57.8 Å². The maximum absolute atomic E-state index is 12.3. The fourth-order valence-corrected chi connectivity index (χ4v) is 2.21. The molecule has 0 aliphatic carbocycles. The van der Waals surface area contributed by atoms with Gasteiger partial charge in [0.25, 0.3) is 0 Å². The Morgan fingerprint density at radius 2 is 2.11 bits per heavy atom. The van der Waals surface area contributed by atoms with Crippen LogP contribution in [0.5, 0.6) is 0 Å². The van der Waals surface area contributed by atoms with Gasteiger partial charge in [0.15, 0.2) is 0 Å². The Morgan fingerprint density at radius 3 is 2.72 bits per heavy atom. The molecule has 6 nitrogen and oxygen atoms in total. The van der Waals surface area contributed by atoms with Crippen LogP contribution in [0.15, 0.2) is 34.2 Å². The quantitative estimate of drug-likeness (QED) is 0.800. The lowest BCUT2D eigenvalue weighted by atomic mass is 10.2. The second-order valence-electron chi connectivity index (χ2n) is 4.21. The van der Waals surface area contributed by atoms with E-state index in [0.717, 1.165) is 16.7 Å². The minimum absolute atomic E-state index is 0.256. The Labute approximate surface area is 103 Å². The third-order valence-electron chi connectivity index (χ3n) is 3.01. The Hall–Kier alpha value is -2.24. The average molecular weight is 247 g/mol. The maximum atomic E-state index is 12.3. The van der Waals surface area contributed by atoms with Gasteiger partial charge in [-0.2, -0.15) is 0 Å². The summed E-state index contributed by atoms with van der Waals surface area (Å²) in [5.41, 5.74) is 2.12. The molecule has 1 aliphatic rings. The number of benzene rings is 1. The van der Waals surface area contributed by atoms with Gasteiger partial charge in [-0.3, -0.25) is 0 Å². The second kappa shape index (κ2) is 3.90. The highest BCUT2D eigenvalue weighted by atomic mass is 16.7. The number of aromatic nitrogens is 2. The summed E-state index contributed by atoms with van der Waals surface area (Å²) in [4.78, 5) is 22.7. The number of hydrogen-bond donors (Lipinski definition) is 0. The Morgan fingerprint density at radius 1 is 1.39 bits per heavy atom. The molecule has 18 heavy (non-hydrogen) atoms. The van der Waals surface area contributed by atoms with Gasteiger partial charge in [-0.05, 0) is 19.1 Å². The standard InChI is InChI=1S/C12H13N3O3/c1-8-7-11(18-13-8)14-9-5-3-4-6-10(9)15(17-2)12(14)16/h3-6,11H,7H2,1-2H3. The van der Waals surface area contributed by atoms with Gasteiger partial charge < -0.3 is 9.68 Å². The first kappa shape index (κ1) is 10.9. The van der Waals surface area contributed by atoms with E-state index in [2.05, 4.69) is 5.16 Å². The van der Waals surface area contributed by atoms with Crippen molar-refractivity contribution in [2.45, 2.75) is 19.6 Å². The molecule has 1 aromatic carbocycles. The van der Waals surface area contributed by atoms with Crippen LogP contribution in [0.1, 0.15) is 19.6 Å². The van der Waals surface area contributed by atoms with Crippen molar-refractivity contribution >= 4 is 16.7 Å². The first-order valence-electron chi connectivity index (χ1n) is 5.68. The molecule has 94 valence electrons. The molecule has 0 saturated heterocycles. The molecule has 0 amide bonds. The second-order valence-corrected chi connectivity index (χ2v) is 4.21. The van der Waals surface area contributed by atoms with Crippen molar-refractivity contribution in [3.8, 4) is 0 Å². The molecule has 0 spiro atoms. The fraction of sp³-hybridized carbons (Fsp3) is 0.333. The predicted octanol–water partition coefficient (Wildman–Crippen LogP) is 1.16. The number of oxime groups is 1. The van der Waals surface area contributed by atoms with Gasteiger partial charge in [0, 0.05) is 6.42 Å². The Kier molecular flexibility index (Phi) is 2.36. The van der Waals surface area contributed by atoms with Gasteiger partial charge >= 0.3 is 5.69 Å². The number of nitrogens with zero attached hydrogens (tertiary/aromatic N) is 3. The molecule has 0 saturated carbocycles. The zero-order valence-corrected chi connectivity index (χ0v) is 10.2. The minimum Gasteiger partial charge on any atom is -0.412 e. The molecule has 2 aromatic rings. The molecule has 1 unspecified atom stereocenters. The zero-order valence-electron chi connectivity index (χ0n) is 10.2. The van der Waals surface area contributed by atoms with Crippen molar-refractivity contribution in [3.05, 3.63) is 34.7 Å². The average Bonchev–Trinajstić information content (AvgIpc) is 2.90. The molecule has 0 N–H and O–H groups in total. The first-order chi connectivity index (χ1) is 8.72. The molecule has 6 heteroatoms. The van der Waals surface area contributed by atoms with E-state index in [0.29, 0.717) is 6.42 Å². The largest absolute Gasteiger partial charge is 0.412 e. The number of fused-ring (bicyclic) bond motifs is 1. The SMILES string of the molecule is COn1c(=O)n(C2CC(C)=NO2)c2ccccc21. The third kappa shape index (κ3) is 1.42. The fourth-order valence-electron chi connectivity index (χ4n) is 2.21. The van der Waals surface area contributed by atoms with E-state index in [1.54, 1.807) is 4.57 Å². The summed E-state index contributed by atoms with van der Waals surface area (Å²) >= 11 is 0. The highest BCUT2D eigenvalue weighted by molar-refractivity contribution is 5.83. The van der Waals surface area contributed by atoms with E-state index in [9.17, 15) is 4.79 Å². The Balaban J connectivity index is 2.23. The summed E-state index contributed by atoms with van der Waals surface area (Å²) in [6.45, 7) is 1.88. The van der Waals surface area contributed by atoms with Crippen LogP contribution in [0.2, 0.25) is 0 Å². The summed E-state index contributed by atoms with van der Waals surface area (Å²) in [6.07, 6.45) is 0.219. The summed E-state index contributed by atoms with van der Waals surface area (Å²) < 4.78 is 2.82. The molecular weight excluding hydrogens is 234 g/mol. The summed E-state index contributed by atoms with van der Waals surface area (Å²) in [5, 5.41) is 3.88. The molecule has 0 fully saturated rings. The van der Waals surface area contributed by atoms with E-state index in [-0.39, 0.29) is 5.69 Å². The lowest BCUT2D eigenvalue weighted by molar-refractivity contribution is 0.0291. The number of para-hydroxylation sites is 2. The van der Waals surface area contributed by atoms with E-state index >= 15 is 0 Å². The summed E-state index contributed by atoms with van der Waals surface area (Å²) in [6, 6.07) is 7.43. The van der Waals surface area contributed by atoms with Gasteiger partial charge in [-0.25, -0.2) is 9.36 Å². The van der Waals surface area contributed by atoms with Crippen molar-refractivity contribution in [1.82, 2.24) is 9.30 Å². The Bertz CT molecular complexity index is 683. The van der Waals surface area contributed by atoms with Gasteiger partial charge in [-0.15, -0.1) is 4.73 Å². The number of rotatable bonds is 2. The molecule has 0 radical (unpaired) electrons. The van der Waals surface area contributed by atoms with Crippen molar-refractivity contribution in [3.63, 3.8) is 0 Å². The van der Waals surface area contributed by atoms with Crippen LogP contribution in [0, 0.1) is 0 Å². The highest BCUT2D eigenvalue weighted by Crippen LogP contribution is 2.24. The van der Waals surface area contributed by atoms with Crippen molar-refractivity contribution < 1.29 is 9.68 Å². The first-order valence-corrected chi connectivity index (χ1v) is 5.68. The van der Waals surface area contributed by atoms with Crippen LogP contribution >= 0.6 is 0 Å². The van der Waals surface area contributed by atoms with E-state index in [1.807, 2.05) is 31.2 Å². The lowest BCUT2D eigenvalue weighted by Crippen LogP contribution is -2.30. The normalized spacial score (nSPS) is 18.8. The zero-order chi connectivity index (χ0) is 12.7. The van der Waals surface area contributed by atoms with E-state index in [1.165, 1.54) is 11.8 Å². The van der Waals surface area contributed by atoms with Crippen molar-refractivity contribution in [2.75, 3.05) is 7.11 Å². The molecule has 1 aromatic heterocycles. The van der Waals surface area contributed by atoms with E-state index < -0.39 is 6.23 Å². The monoisotopic (exact) mass is 247 g/mol. The van der Waals surface area contributed by atoms with Crippen LogP contribution < -0.4 is 10.5 Å². The van der Waals surface area contributed by atoms with Crippen LogP contribution in [-0.2, 0) is 4.84 Å². The van der Waals surface area contributed by atoms with E-state index in [4.69, 9.17) is 9.68 Å². The maximum Gasteiger partial charge on any atom is 0.365 e. The molecule has 3 rings (SSSR count). The van der Waals surface area contributed by atoms with Crippen LogP contribution in [0.25, 0.3) is 11.0 Å². The lowest BCUT2D eigenvalue weighted by Gasteiger charge is -2.09. The van der Waals surface area contributed by atoms with Crippen molar-refractivity contribution in [2.24, 2.45) is 5.16 Å².